The number of likely N-dealkylation sites (tertiary alicyclic amines) is 1. The fourth-order valence-electron chi connectivity index (χ4n) is 4.47. The maximum Gasteiger partial charge on any atom is 0.332 e. The van der Waals surface area contributed by atoms with E-state index < -0.39 is 6.04 Å². The fraction of sp³-hybridized carbons (Fsp3) is 0.474. The Labute approximate surface area is 162 Å². The number of piperazine rings is 1. The third-order valence-electron chi connectivity index (χ3n) is 5.76. The highest BCUT2D eigenvalue weighted by molar-refractivity contribution is 6.33. The third-order valence-corrected chi connectivity index (χ3v) is 6.25. The maximum atomic E-state index is 13.2. The molecule has 2 unspecified atom stereocenters. The van der Waals surface area contributed by atoms with Crippen LogP contribution in [-0.2, 0) is 9.59 Å². The van der Waals surface area contributed by atoms with Crippen molar-refractivity contribution in [1.29, 1.82) is 5.26 Å². The number of nitriles is 1. The molecular formula is C19H19ClN4O3. The minimum absolute atomic E-state index is 0.0125. The molecule has 3 atom stereocenters. The lowest BCUT2D eigenvalue weighted by Gasteiger charge is -2.35. The van der Waals surface area contributed by atoms with E-state index in [4.69, 9.17) is 16.9 Å². The number of fused-ring (bicyclic) bond motifs is 5. The van der Waals surface area contributed by atoms with Gasteiger partial charge in [0, 0.05) is 12.5 Å². The molecule has 4 rings (SSSR count). The van der Waals surface area contributed by atoms with Crippen LogP contribution in [0.3, 0.4) is 0 Å². The molecule has 140 valence electrons. The van der Waals surface area contributed by atoms with Crippen LogP contribution in [0.1, 0.15) is 31.4 Å². The molecule has 4 amide bonds. The number of hydrogen-bond donors (Lipinski definition) is 0. The van der Waals surface area contributed by atoms with Crippen LogP contribution in [0.4, 0.5) is 10.5 Å². The normalized spacial score (nSPS) is 26.2. The second-order valence-corrected chi connectivity index (χ2v) is 7.97. The van der Waals surface area contributed by atoms with Crippen molar-refractivity contribution in [1.82, 2.24) is 9.80 Å². The van der Waals surface area contributed by atoms with Gasteiger partial charge in [0.1, 0.15) is 12.1 Å². The number of amides is 4. The van der Waals surface area contributed by atoms with Gasteiger partial charge in [0.2, 0.25) is 5.91 Å². The third kappa shape index (κ3) is 2.29. The molecule has 8 heteroatoms. The Hall–Kier alpha value is -2.59. The molecular weight excluding hydrogens is 368 g/mol. The highest BCUT2D eigenvalue weighted by Gasteiger charge is 2.63. The topological polar surface area (TPSA) is 84.7 Å². The lowest BCUT2D eigenvalue weighted by molar-refractivity contribution is -0.138. The van der Waals surface area contributed by atoms with Crippen molar-refractivity contribution in [2.24, 2.45) is 5.92 Å². The van der Waals surface area contributed by atoms with Gasteiger partial charge in [0.25, 0.3) is 5.91 Å². The summed E-state index contributed by atoms with van der Waals surface area (Å²) in [7, 11) is 0. The van der Waals surface area contributed by atoms with E-state index in [-0.39, 0.29) is 40.9 Å². The first-order valence-electron chi connectivity index (χ1n) is 8.93. The lowest BCUT2D eigenvalue weighted by atomic mass is 10.1. The van der Waals surface area contributed by atoms with Crippen LogP contribution in [0.5, 0.6) is 0 Å². The summed E-state index contributed by atoms with van der Waals surface area (Å²) in [5, 5.41) is 9.35. The van der Waals surface area contributed by atoms with Gasteiger partial charge in [0.05, 0.1) is 28.4 Å². The van der Waals surface area contributed by atoms with Crippen molar-refractivity contribution >= 4 is 35.1 Å². The summed E-state index contributed by atoms with van der Waals surface area (Å²) in [4.78, 5) is 43.2. The molecule has 0 saturated carbocycles. The Bertz CT molecular complexity index is 922. The molecule has 3 saturated heterocycles. The number of imide groups is 1. The van der Waals surface area contributed by atoms with Gasteiger partial charge < -0.3 is 9.80 Å². The predicted molar refractivity (Wildman–Crippen MR) is 98.2 cm³/mol. The van der Waals surface area contributed by atoms with Gasteiger partial charge in [-0.25, -0.2) is 9.69 Å². The second-order valence-electron chi connectivity index (χ2n) is 7.59. The van der Waals surface area contributed by atoms with Crippen molar-refractivity contribution in [2.45, 2.75) is 45.3 Å². The fourth-order valence-corrected chi connectivity index (χ4v) is 4.67. The number of hydrogen-bond acceptors (Lipinski definition) is 4. The molecule has 0 aliphatic carbocycles. The van der Waals surface area contributed by atoms with E-state index in [1.807, 2.05) is 19.9 Å². The van der Waals surface area contributed by atoms with Crippen molar-refractivity contribution in [3.63, 3.8) is 0 Å². The lowest BCUT2D eigenvalue weighted by Crippen LogP contribution is -2.55. The highest BCUT2D eigenvalue weighted by Crippen LogP contribution is 2.44. The van der Waals surface area contributed by atoms with Gasteiger partial charge in [-0.05, 0) is 31.0 Å². The predicted octanol–water partition coefficient (Wildman–Crippen LogP) is 2.30. The van der Waals surface area contributed by atoms with Crippen molar-refractivity contribution in [2.75, 3.05) is 11.4 Å². The molecule has 0 aromatic heterocycles. The Morgan fingerprint density at radius 2 is 2.04 bits per heavy atom. The van der Waals surface area contributed by atoms with Crippen LogP contribution < -0.4 is 4.90 Å². The molecule has 3 heterocycles. The molecule has 3 aliphatic rings. The Kier molecular flexibility index (Phi) is 3.93. The zero-order valence-corrected chi connectivity index (χ0v) is 16.0. The maximum absolute atomic E-state index is 13.2. The molecule has 1 aromatic carbocycles. The Morgan fingerprint density at radius 3 is 2.67 bits per heavy atom. The number of halogens is 1. The van der Waals surface area contributed by atoms with Crippen LogP contribution in [-0.4, -0.2) is 52.3 Å². The van der Waals surface area contributed by atoms with Crippen LogP contribution in [0, 0.1) is 24.2 Å². The molecule has 1 aromatic rings. The van der Waals surface area contributed by atoms with Gasteiger partial charge in [0.15, 0.2) is 0 Å². The number of nitrogens with zero attached hydrogens (tertiary/aromatic N) is 4. The summed E-state index contributed by atoms with van der Waals surface area (Å²) < 4.78 is 0. The Morgan fingerprint density at radius 1 is 1.33 bits per heavy atom. The molecule has 3 fully saturated rings. The van der Waals surface area contributed by atoms with Crippen molar-refractivity contribution in [3.05, 3.63) is 28.3 Å². The monoisotopic (exact) mass is 386 g/mol. The number of carbonyl (C=O) groups is 3. The molecule has 7 nitrogen and oxygen atoms in total. The highest BCUT2D eigenvalue weighted by atomic mass is 35.5. The molecule has 2 bridgehead atoms. The Balaban J connectivity index is 1.70. The van der Waals surface area contributed by atoms with E-state index in [1.165, 1.54) is 6.07 Å². The zero-order chi connectivity index (χ0) is 19.6. The average molecular weight is 387 g/mol. The number of rotatable bonds is 2. The summed E-state index contributed by atoms with van der Waals surface area (Å²) in [6.07, 6.45) is 0.640. The van der Waals surface area contributed by atoms with E-state index in [2.05, 4.69) is 0 Å². The molecule has 0 spiro atoms. The summed E-state index contributed by atoms with van der Waals surface area (Å²) in [6, 6.07) is 3.65. The van der Waals surface area contributed by atoms with Gasteiger partial charge >= 0.3 is 6.03 Å². The molecule has 27 heavy (non-hydrogen) atoms. The van der Waals surface area contributed by atoms with Gasteiger partial charge in [-0.2, -0.15) is 5.26 Å². The van der Waals surface area contributed by atoms with Crippen molar-refractivity contribution in [3.8, 4) is 6.07 Å². The van der Waals surface area contributed by atoms with E-state index in [0.29, 0.717) is 29.8 Å². The minimum Gasteiger partial charge on any atom is -0.335 e. The first kappa shape index (κ1) is 17.8. The van der Waals surface area contributed by atoms with E-state index in [9.17, 15) is 14.4 Å². The standard InChI is InChI=1S/C19H19ClN4O3/c1-9(2)17(25)22-8-12-6-14(22)16-18(26)24(19(27)23(12)16)13-5-4-11(7-21)15(20)10(13)3/h4-5,9,12,14,16H,6,8H2,1-3H3/t12?,14?,16-/m1/s1. The number of carbonyl (C=O) groups excluding carboxylic acids is 3. The van der Waals surface area contributed by atoms with Gasteiger partial charge in [-0.3, -0.25) is 9.59 Å². The summed E-state index contributed by atoms with van der Waals surface area (Å²) in [5.74, 6) is -0.475. The van der Waals surface area contributed by atoms with Gasteiger partial charge in [-0.15, -0.1) is 0 Å². The first-order chi connectivity index (χ1) is 12.8. The number of urea groups is 1. The molecule has 3 aliphatic heterocycles. The molecule has 0 N–H and O–H groups in total. The number of benzene rings is 1. The number of anilines is 1. The SMILES string of the molecule is Cc1c(N2C(=O)[C@H]3C4CC(CN4C(=O)C(C)C)N3C2=O)ccc(C#N)c1Cl. The van der Waals surface area contributed by atoms with E-state index in [1.54, 1.807) is 22.8 Å². The summed E-state index contributed by atoms with van der Waals surface area (Å²) in [6.45, 7) is 5.83. The van der Waals surface area contributed by atoms with E-state index in [0.717, 1.165) is 4.90 Å². The second kappa shape index (κ2) is 5.96. The van der Waals surface area contributed by atoms with Gasteiger partial charge in [-0.1, -0.05) is 25.4 Å². The quantitative estimate of drug-likeness (QED) is 0.730. The smallest absolute Gasteiger partial charge is 0.332 e. The summed E-state index contributed by atoms with van der Waals surface area (Å²) >= 11 is 6.22. The molecule has 0 radical (unpaired) electrons. The summed E-state index contributed by atoms with van der Waals surface area (Å²) in [5.41, 5.74) is 1.21. The average Bonchev–Trinajstić information content (AvgIpc) is 3.29. The largest absolute Gasteiger partial charge is 0.335 e. The van der Waals surface area contributed by atoms with Crippen LogP contribution >= 0.6 is 11.6 Å². The van der Waals surface area contributed by atoms with Crippen LogP contribution in [0.2, 0.25) is 5.02 Å². The van der Waals surface area contributed by atoms with Crippen molar-refractivity contribution < 1.29 is 14.4 Å². The minimum atomic E-state index is -0.646. The van der Waals surface area contributed by atoms with Crippen LogP contribution in [0.25, 0.3) is 0 Å². The zero-order valence-electron chi connectivity index (χ0n) is 15.3. The van der Waals surface area contributed by atoms with E-state index >= 15 is 0 Å². The van der Waals surface area contributed by atoms with Crippen LogP contribution in [0.15, 0.2) is 12.1 Å². The first-order valence-corrected chi connectivity index (χ1v) is 9.31.